The number of pyridine rings is 1. The van der Waals surface area contributed by atoms with Crippen molar-refractivity contribution in [2.24, 2.45) is 0 Å². The average Bonchev–Trinajstić information content (AvgIpc) is 2.47. The van der Waals surface area contributed by atoms with Gasteiger partial charge in [0.15, 0.2) is 0 Å². The number of hydrogen-bond acceptors (Lipinski definition) is 5. The molecule has 0 saturated heterocycles. The van der Waals surface area contributed by atoms with Crippen LogP contribution in [0.25, 0.3) is 11.3 Å². The molecule has 1 aromatic carbocycles. The van der Waals surface area contributed by atoms with E-state index in [1.807, 2.05) is 0 Å². The third-order valence-corrected chi connectivity index (χ3v) is 2.85. The summed E-state index contributed by atoms with van der Waals surface area (Å²) in [6.45, 7) is 1.94. The van der Waals surface area contributed by atoms with Crippen molar-refractivity contribution in [1.82, 2.24) is 4.98 Å². The SMILES string of the molecule is CCOC(=O)c1cc(Cl)nc(-c2cccc([N+](=O)[O-])c2)c1. The van der Waals surface area contributed by atoms with Gasteiger partial charge in [-0.25, -0.2) is 9.78 Å². The van der Waals surface area contributed by atoms with Crippen LogP contribution < -0.4 is 0 Å². The predicted octanol–water partition coefficient (Wildman–Crippen LogP) is 3.49. The van der Waals surface area contributed by atoms with Crippen LogP contribution in [0.1, 0.15) is 17.3 Å². The van der Waals surface area contributed by atoms with Gasteiger partial charge in [0, 0.05) is 17.7 Å². The topological polar surface area (TPSA) is 82.3 Å². The van der Waals surface area contributed by atoms with Crippen molar-refractivity contribution in [3.8, 4) is 11.3 Å². The molecule has 0 amide bonds. The molecule has 0 N–H and O–H groups in total. The van der Waals surface area contributed by atoms with Gasteiger partial charge in [-0.1, -0.05) is 23.7 Å². The third-order valence-electron chi connectivity index (χ3n) is 2.66. The van der Waals surface area contributed by atoms with Crippen LogP contribution in [0.15, 0.2) is 36.4 Å². The fourth-order valence-electron chi connectivity index (χ4n) is 1.76. The molecule has 0 saturated carbocycles. The minimum atomic E-state index is -0.520. The van der Waals surface area contributed by atoms with Crippen molar-refractivity contribution in [2.75, 3.05) is 6.61 Å². The standard InChI is InChI=1S/C14H11ClN2O4/c1-2-21-14(18)10-7-12(16-13(15)8-10)9-4-3-5-11(6-9)17(19)20/h3-8H,2H2,1H3. The molecule has 1 heterocycles. The fourth-order valence-corrected chi connectivity index (χ4v) is 1.96. The van der Waals surface area contributed by atoms with Crippen molar-refractivity contribution >= 4 is 23.3 Å². The number of aromatic nitrogens is 1. The molecule has 0 aliphatic heterocycles. The predicted molar refractivity (Wildman–Crippen MR) is 77.3 cm³/mol. The van der Waals surface area contributed by atoms with Gasteiger partial charge in [0.1, 0.15) is 5.15 Å². The first-order valence-electron chi connectivity index (χ1n) is 6.11. The van der Waals surface area contributed by atoms with Crippen LogP contribution in [0, 0.1) is 10.1 Å². The van der Waals surface area contributed by atoms with E-state index in [0.29, 0.717) is 11.3 Å². The Labute approximate surface area is 125 Å². The summed E-state index contributed by atoms with van der Waals surface area (Å²) in [6, 6.07) is 8.82. The van der Waals surface area contributed by atoms with Crippen molar-refractivity contribution in [3.63, 3.8) is 0 Å². The van der Waals surface area contributed by atoms with Crippen molar-refractivity contribution < 1.29 is 14.5 Å². The number of benzene rings is 1. The Kier molecular flexibility index (Phi) is 4.49. The molecular weight excluding hydrogens is 296 g/mol. The fraction of sp³-hybridized carbons (Fsp3) is 0.143. The van der Waals surface area contributed by atoms with Crippen LogP contribution in [-0.2, 0) is 4.74 Å². The second kappa shape index (κ2) is 6.32. The van der Waals surface area contributed by atoms with Crippen LogP contribution in [0.5, 0.6) is 0 Å². The normalized spacial score (nSPS) is 10.2. The Morgan fingerprint density at radius 2 is 2.14 bits per heavy atom. The summed E-state index contributed by atoms with van der Waals surface area (Å²) >= 11 is 5.89. The lowest BCUT2D eigenvalue weighted by Crippen LogP contribution is -2.05. The highest BCUT2D eigenvalue weighted by atomic mass is 35.5. The zero-order valence-corrected chi connectivity index (χ0v) is 11.8. The maximum atomic E-state index is 11.7. The summed E-state index contributed by atoms with van der Waals surface area (Å²) in [5.41, 5.74) is 1.05. The van der Waals surface area contributed by atoms with E-state index in [-0.39, 0.29) is 23.0 Å². The average molecular weight is 307 g/mol. The molecule has 0 radical (unpaired) electrons. The Morgan fingerprint density at radius 3 is 2.81 bits per heavy atom. The molecule has 7 heteroatoms. The lowest BCUT2D eigenvalue weighted by Gasteiger charge is -2.06. The summed E-state index contributed by atoms with van der Waals surface area (Å²) in [7, 11) is 0. The maximum Gasteiger partial charge on any atom is 0.338 e. The van der Waals surface area contributed by atoms with Crippen LogP contribution in [-0.4, -0.2) is 22.5 Å². The van der Waals surface area contributed by atoms with Crippen molar-refractivity contribution in [3.05, 3.63) is 57.2 Å². The van der Waals surface area contributed by atoms with E-state index in [1.165, 1.54) is 24.3 Å². The Hall–Kier alpha value is -2.47. The smallest absolute Gasteiger partial charge is 0.338 e. The number of rotatable bonds is 4. The molecule has 6 nitrogen and oxygen atoms in total. The van der Waals surface area contributed by atoms with Gasteiger partial charge in [0.2, 0.25) is 0 Å². The van der Waals surface area contributed by atoms with Gasteiger partial charge in [-0.2, -0.15) is 0 Å². The Bertz CT molecular complexity index is 703. The minimum absolute atomic E-state index is 0.0630. The molecular formula is C14H11ClN2O4. The van der Waals surface area contributed by atoms with E-state index in [9.17, 15) is 14.9 Å². The molecule has 0 atom stereocenters. The molecule has 0 bridgehead atoms. The third kappa shape index (κ3) is 3.55. The van der Waals surface area contributed by atoms with Gasteiger partial charge >= 0.3 is 5.97 Å². The van der Waals surface area contributed by atoms with E-state index in [0.717, 1.165) is 0 Å². The molecule has 108 valence electrons. The molecule has 0 aliphatic rings. The van der Waals surface area contributed by atoms with Gasteiger partial charge in [-0.3, -0.25) is 10.1 Å². The first-order valence-corrected chi connectivity index (χ1v) is 6.48. The summed E-state index contributed by atoms with van der Waals surface area (Å²) < 4.78 is 4.90. The number of nitrogens with zero attached hydrogens (tertiary/aromatic N) is 2. The molecule has 21 heavy (non-hydrogen) atoms. The van der Waals surface area contributed by atoms with Crippen LogP contribution in [0.2, 0.25) is 5.15 Å². The highest BCUT2D eigenvalue weighted by Crippen LogP contribution is 2.25. The van der Waals surface area contributed by atoms with Crippen molar-refractivity contribution in [1.29, 1.82) is 0 Å². The summed E-state index contributed by atoms with van der Waals surface area (Å²) in [6.07, 6.45) is 0. The molecule has 0 aliphatic carbocycles. The second-order valence-electron chi connectivity index (χ2n) is 4.09. The Balaban J connectivity index is 2.46. The number of nitro benzene ring substituents is 1. The van der Waals surface area contributed by atoms with Gasteiger partial charge in [0.25, 0.3) is 5.69 Å². The van der Waals surface area contributed by atoms with Crippen LogP contribution >= 0.6 is 11.6 Å². The maximum absolute atomic E-state index is 11.7. The van der Waals surface area contributed by atoms with E-state index in [1.54, 1.807) is 19.1 Å². The summed E-state index contributed by atoms with van der Waals surface area (Å²) in [5.74, 6) is -0.520. The second-order valence-corrected chi connectivity index (χ2v) is 4.48. The molecule has 0 fully saturated rings. The summed E-state index contributed by atoms with van der Waals surface area (Å²) in [5, 5.41) is 10.9. The van der Waals surface area contributed by atoms with Gasteiger partial charge in [-0.05, 0) is 19.1 Å². The number of nitro groups is 1. The van der Waals surface area contributed by atoms with Crippen LogP contribution in [0.3, 0.4) is 0 Å². The Morgan fingerprint density at radius 1 is 1.38 bits per heavy atom. The number of carbonyl (C=O) groups excluding carboxylic acids is 1. The van der Waals surface area contributed by atoms with E-state index in [2.05, 4.69) is 4.98 Å². The quantitative estimate of drug-likeness (QED) is 0.374. The van der Waals surface area contributed by atoms with Gasteiger partial charge < -0.3 is 4.74 Å². The number of esters is 1. The van der Waals surface area contributed by atoms with Gasteiger partial charge in [-0.15, -0.1) is 0 Å². The summed E-state index contributed by atoms with van der Waals surface area (Å²) in [4.78, 5) is 26.1. The zero-order chi connectivity index (χ0) is 15.4. The van der Waals surface area contributed by atoms with E-state index in [4.69, 9.17) is 16.3 Å². The molecule has 1 aromatic heterocycles. The highest BCUT2D eigenvalue weighted by molar-refractivity contribution is 6.29. The minimum Gasteiger partial charge on any atom is -0.462 e. The molecule has 0 spiro atoms. The largest absolute Gasteiger partial charge is 0.462 e. The lowest BCUT2D eigenvalue weighted by molar-refractivity contribution is -0.384. The molecule has 0 unspecified atom stereocenters. The zero-order valence-electron chi connectivity index (χ0n) is 11.1. The number of non-ortho nitro benzene ring substituents is 1. The first kappa shape index (κ1) is 14.9. The van der Waals surface area contributed by atoms with Crippen molar-refractivity contribution in [2.45, 2.75) is 6.92 Å². The number of hydrogen-bond donors (Lipinski definition) is 0. The van der Waals surface area contributed by atoms with E-state index < -0.39 is 10.9 Å². The van der Waals surface area contributed by atoms with E-state index >= 15 is 0 Å². The molecule has 2 rings (SSSR count). The first-order chi connectivity index (χ1) is 10.0. The number of halogens is 1. The van der Waals surface area contributed by atoms with Gasteiger partial charge in [0.05, 0.1) is 22.8 Å². The highest BCUT2D eigenvalue weighted by Gasteiger charge is 2.13. The molecule has 2 aromatic rings. The number of ether oxygens (including phenoxy) is 1. The lowest BCUT2D eigenvalue weighted by atomic mass is 10.1. The monoisotopic (exact) mass is 306 g/mol. The number of carbonyl (C=O) groups is 1. The van der Waals surface area contributed by atoms with Crippen LogP contribution in [0.4, 0.5) is 5.69 Å².